The first-order chi connectivity index (χ1) is 13.9. The number of aryl methyl sites for hydroxylation is 2. The molecule has 1 aromatic heterocycles. The van der Waals surface area contributed by atoms with Crippen molar-refractivity contribution in [1.82, 2.24) is 9.80 Å². The van der Waals surface area contributed by atoms with E-state index in [0.717, 1.165) is 30.6 Å². The van der Waals surface area contributed by atoms with Crippen LogP contribution in [0, 0.1) is 13.8 Å². The minimum Gasteiger partial charge on any atom is -0.491 e. The highest BCUT2D eigenvalue weighted by Gasteiger charge is 2.37. The maximum atomic E-state index is 13.2. The van der Waals surface area contributed by atoms with Crippen molar-refractivity contribution in [2.24, 2.45) is 0 Å². The maximum Gasteiger partial charge on any atom is 0.242 e. The van der Waals surface area contributed by atoms with Crippen LogP contribution in [0.4, 0.5) is 0 Å². The number of amides is 2. The first-order valence-electron chi connectivity index (χ1n) is 10.3. The zero-order valence-corrected chi connectivity index (χ0v) is 18.1. The van der Waals surface area contributed by atoms with E-state index in [9.17, 15) is 9.59 Å². The molecule has 154 valence electrons. The highest BCUT2D eigenvalue weighted by molar-refractivity contribution is 7.10. The third-order valence-electron chi connectivity index (χ3n) is 5.84. The lowest BCUT2D eigenvalue weighted by Gasteiger charge is -2.37. The topological polar surface area (TPSA) is 49.9 Å². The van der Waals surface area contributed by atoms with Gasteiger partial charge in [0.05, 0.1) is 6.04 Å². The first-order valence-corrected chi connectivity index (χ1v) is 11.1. The molecule has 0 bridgehead atoms. The van der Waals surface area contributed by atoms with E-state index in [1.54, 1.807) is 23.2 Å². The normalized spacial score (nSPS) is 18.3. The van der Waals surface area contributed by atoms with Crippen LogP contribution in [0.1, 0.15) is 47.4 Å². The Labute approximate surface area is 176 Å². The van der Waals surface area contributed by atoms with Crippen LogP contribution in [0.5, 0.6) is 5.75 Å². The Bertz CT molecular complexity index is 919. The molecule has 2 aromatic rings. The molecule has 0 spiro atoms. The number of benzene rings is 1. The van der Waals surface area contributed by atoms with Gasteiger partial charge in [-0.1, -0.05) is 17.7 Å². The van der Waals surface area contributed by atoms with Crippen LogP contribution < -0.4 is 4.74 Å². The van der Waals surface area contributed by atoms with Crippen molar-refractivity contribution in [3.63, 3.8) is 0 Å². The van der Waals surface area contributed by atoms with Gasteiger partial charge in [0.1, 0.15) is 18.9 Å². The maximum absolute atomic E-state index is 13.2. The van der Waals surface area contributed by atoms with Gasteiger partial charge < -0.3 is 14.5 Å². The van der Waals surface area contributed by atoms with Crippen molar-refractivity contribution in [2.45, 2.75) is 52.1 Å². The molecule has 1 atom stereocenters. The summed E-state index contributed by atoms with van der Waals surface area (Å²) in [7, 11) is 0. The van der Waals surface area contributed by atoms with E-state index in [1.807, 2.05) is 24.0 Å². The summed E-state index contributed by atoms with van der Waals surface area (Å²) in [5.41, 5.74) is 3.48. The lowest BCUT2D eigenvalue weighted by molar-refractivity contribution is -0.142. The summed E-state index contributed by atoms with van der Waals surface area (Å²) >= 11 is 1.75. The number of thiophene rings is 1. The van der Waals surface area contributed by atoms with Gasteiger partial charge >= 0.3 is 0 Å². The van der Waals surface area contributed by atoms with Gasteiger partial charge in [0.2, 0.25) is 11.8 Å². The van der Waals surface area contributed by atoms with Crippen LogP contribution in [0.15, 0.2) is 29.6 Å². The van der Waals surface area contributed by atoms with E-state index >= 15 is 0 Å². The Morgan fingerprint density at radius 3 is 2.72 bits per heavy atom. The second kappa shape index (κ2) is 8.19. The van der Waals surface area contributed by atoms with E-state index in [-0.39, 0.29) is 30.4 Å². The zero-order chi connectivity index (χ0) is 20.5. The number of hydrogen-bond donors (Lipinski definition) is 0. The molecule has 0 saturated heterocycles. The number of carbonyl (C=O) groups is 2. The van der Waals surface area contributed by atoms with Crippen LogP contribution in [-0.4, -0.2) is 47.4 Å². The quantitative estimate of drug-likeness (QED) is 0.723. The highest BCUT2D eigenvalue weighted by Crippen LogP contribution is 2.35. The average Bonchev–Trinajstić information content (AvgIpc) is 3.40. The molecule has 0 N–H and O–H groups in total. The fourth-order valence-electron chi connectivity index (χ4n) is 4.12. The summed E-state index contributed by atoms with van der Waals surface area (Å²) in [6.07, 6.45) is 2.86. The summed E-state index contributed by atoms with van der Waals surface area (Å²) in [6.45, 7) is 6.92. The van der Waals surface area contributed by atoms with Gasteiger partial charge in [-0.15, -0.1) is 11.3 Å². The third kappa shape index (κ3) is 4.32. The predicted octanol–water partition coefficient (Wildman–Crippen LogP) is 3.88. The standard InChI is InChI=1S/C23H28N2O3S/c1-15-4-7-21(16(2)12-15)28-14-20-19-9-11-29-22(19)8-10-24(20)23(27)13-25(17(3)26)18-5-6-18/h4,7,9,11-12,18,20H,5-6,8,10,13-14H2,1-3H3/t20-/m1/s1. The molecule has 2 heterocycles. The van der Waals surface area contributed by atoms with E-state index in [2.05, 4.69) is 24.4 Å². The van der Waals surface area contributed by atoms with Gasteiger partial charge in [-0.3, -0.25) is 9.59 Å². The molecule has 2 amide bonds. The number of nitrogens with zero attached hydrogens (tertiary/aromatic N) is 2. The third-order valence-corrected chi connectivity index (χ3v) is 6.84. The van der Waals surface area contributed by atoms with Crippen molar-refractivity contribution in [1.29, 1.82) is 0 Å². The highest BCUT2D eigenvalue weighted by atomic mass is 32.1. The first kappa shape index (κ1) is 20.0. The van der Waals surface area contributed by atoms with E-state index in [1.165, 1.54) is 16.0 Å². The average molecular weight is 413 g/mol. The van der Waals surface area contributed by atoms with Crippen LogP contribution in [0.3, 0.4) is 0 Å². The summed E-state index contributed by atoms with van der Waals surface area (Å²) in [6, 6.07) is 8.38. The Balaban J connectivity index is 1.52. The van der Waals surface area contributed by atoms with Crippen LogP contribution in [-0.2, 0) is 16.0 Å². The molecule has 0 radical (unpaired) electrons. The van der Waals surface area contributed by atoms with Crippen molar-refractivity contribution in [2.75, 3.05) is 19.7 Å². The monoisotopic (exact) mass is 412 g/mol. The molecule has 1 aliphatic carbocycles. The Hall–Kier alpha value is -2.34. The Morgan fingerprint density at radius 1 is 1.24 bits per heavy atom. The van der Waals surface area contributed by atoms with Crippen LogP contribution >= 0.6 is 11.3 Å². The second-order valence-electron chi connectivity index (χ2n) is 8.11. The smallest absolute Gasteiger partial charge is 0.242 e. The lowest BCUT2D eigenvalue weighted by atomic mass is 10.00. The van der Waals surface area contributed by atoms with Gasteiger partial charge in [0.25, 0.3) is 0 Å². The van der Waals surface area contributed by atoms with E-state index in [0.29, 0.717) is 13.2 Å². The van der Waals surface area contributed by atoms with Crippen molar-refractivity contribution in [3.8, 4) is 5.75 Å². The molecule has 4 rings (SSSR count). The fourth-order valence-corrected chi connectivity index (χ4v) is 5.05. The largest absolute Gasteiger partial charge is 0.491 e. The van der Waals surface area contributed by atoms with Gasteiger partial charge in [0.15, 0.2) is 0 Å². The predicted molar refractivity (Wildman–Crippen MR) is 114 cm³/mol. The molecule has 2 aliphatic rings. The Morgan fingerprint density at radius 2 is 2.03 bits per heavy atom. The fraction of sp³-hybridized carbons (Fsp3) is 0.478. The molecule has 1 aromatic carbocycles. The summed E-state index contributed by atoms with van der Waals surface area (Å²) in [4.78, 5) is 30.2. The molecule has 6 heteroatoms. The van der Waals surface area contributed by atoms with Gasteiger partial charge in [-0.2, -0.15) is 0 Å². The summed E-state index contributed by atoms with van der Waals surface area (Å²) < 4.78 is 6.18. The minimum atomic E-state index is -0.119. The number of rotatable bonds is 6. The second-order valence-corrected chi connectivity index (χ2v) is 9.11. The van der Waals surface area contributed by atoms with Crippen molar-refractivity contribution in [3.05, 3.63) is 51.2 Å². The molecule has 0 unspecified atom stereocenters. The van der Waals surface area contributed by atoms with Crippen molar-refractivity contribution < 1.29 is 14.3 Å². The Kier molecular flexibility index (Phi) is 5.63. The molecular weight excluding hydrogens is 384 g/mol. The number of ether oxygens (including phenoxy) is 1. The van der Waals surface area contributed by atoms with Gasteiger partial charge in [-0.05, 0) is 61.7 Å². The number of fused-ring (bicyclic) bond motifs is 1. The van der Waals surface area contributed by atoms with Crippen molar-refractivity contribution >= 4 is 23.2 Å². The molecule has 29 heavy (non-hydrogen) atoms. The number of hydrogen-bond acceptors (Lipinski definition) is 4. The molecule has 1 aliphatic heterocycles. The summed E-state index contributed by atoms with van der Waals surface area (Å²) in [5, 5.41) is 2.09. The molecule has 5 nitrogen and oxygen atoms in total. The van der Waals surface area contributed by atoms with E-state index in [4.69, 9.17) is 4.74 Å². The SMILES string of the molecule is CC(=O)N(CC(=O)N1CCc2sccc2[C@H]1COc1ccc(C)cc1C)C1CC1. The zero-order valence-electron chi connectivity index (χ0n) is 17.3. The van der Waals surface area contributed by atoms with Crippen LogP contribution in [0.2, 0.25) is 0 Å². The molecular formula is C23H28N2O3S. The minimum absolute atomic E-state index is 0.0122. The van der Waals surface area contributed by atoms with Gasteiger partial charge in [-0.25, -0.2) is 0 Å². The summed E-state index contributed by atoms with van der Waals surface area (Å²) in [5.74, 6) is 0.851. The number of carbonyl (C=O) groups excluding carboxylic acids is 2. The molecule has 1 saturated carbocycles. The lowest BCUT2D eigenvalue weighted by Crippen LogP contribution is -2.48. The van der Waals surface area contributed by atoms with E-state index < -0.39 is 0 Å². The van der Waals surface area contributed by atoms with Gasteiger partial charge in [0, 0.05) is 24.4 Å². The van der Waals surface area contributed by atoms with Crippen LogP contribution in [0.25, 0.3) is 0 Å². The molecule has 1 fully saturated rings.